The molecule has 1 aromatic carbocycles. The first-order chi connectivity index (χ1) is 7.31. The zero-order valence-electron chi connectivity index (χ0n) is 7.86. The van der Waals surface area contributed by atoms with Crippen LogP contribution in [0.15, 0.2) is 30.5 Å². The van der Waals surface area contributed by atoms with Gasteiger partial charge >= 0.3 is 0 Å². The fraction of sp³-hybridized carbons (Fsp3) is 0. The fourth-order valence-corrected chi connectivity index (χ4v) is 1.23. The minimum atomic E-state index is 0.447. The number of para-hydroxylation sites is 1. The van der Waals surface area contributed by atoms with Gasteiger partial charge in [-0.3, -0.25) is 5.10 Å². The van der Waals surface area contributed by atoms with Gasteiger partial charge in [0.15, 0.2) is 0 Å². The molecule has 0 bridgehead atoms. The van der Waals surface area contributed by atoms with E-state index < -0.39 is 0 Å². The van der Waals surface area contributed by atoms with Crippen LogP contribution >= 0.6 is 0 Å². The number of nitriles is 1. The smallest absolute Gasteiger partial charge is 0.143 e. The van der Waals surface area contributed by atoms with Gasteiger partial charge in [0.1, 0.15) is 17.6 Å². The summed E-state index contributed by atoms with van der Waals surface area (Å²) in [7, 11) is 0. The van der Waals surface area contributed by atoms with E-state index in [1.165, 1.54) is 0 Å². The molecule has 1 heterocycles. The first-order valence-corrected chi connectivity index (χ1v) is 4.36. The van der Waals surface area contributed by atoms with Crippen LogP contribution in [0.4, 0.5) is 17.2 Å². The van der Waals surface area contributed by atoms with Gasteiger partial charge in [-0.25, -0.2) is 0 Å². The summed E-state index contributed by atoms with van der Waals surface area (Å²) >= 11 is 0. The highest BCUT2D eigenvalue weighted by molar-refractivity contribution is 5.72. The van der Waals surface area contributed by atoms with Crippen molar-refractivity contribution >= 4 is 17.2 Å². The maximum Gasteiger partial charge on any atom is 0.143 e. The third-order valence-electron chi connectivity index (χ3n) is 1.99. The Morgan fingerprint density at radius 3 is 2.80 bits per heavy atom. The predicted molar refractivity (Wildman–Crippen MR) is 57.4 cm³/mol. The largest absolute Gasteiger partial charge is 0.382 e. The number of rotatable bonds is 2. The Balaban J connectivity index is 2.33. The molecule has 0 saturated heterocycles. The van der Waals surface area contributed by atoms with Crippen molar-refractivity contribution in [1.82, 2.24) is 10.2 Å². The van der Waals surface area contributed by atoms with Crippen molar-refractivity contribution in [3.8, 4) is 6.07 Å². The summed E-state index contributed by atoms with van der Waals surface area (Å²) in [6, 6.07) is 9.29. The molecule has 0 aliphatic heterocycles. The van der Waals surface area contributed by atoms with Crippen molar-refractivity contribution in [3.63, 3.8) is 0 Å². The lowest BCUT2D eigenvalue weighted by molar-refractivity contribution is 1.10. The van der Waals surface area contributed by atoms with Crippen molar-refractivity contribution in [3.05, 3.63) is 36.0 Å². The molecule has 0 aliphatic rings. The number of aromatic amines is 1. The van der Waals surface area contributed by atoms with Crippen LogP contribution in [0, 0.1) is 11.3 Å². The average molecular weight is 199 g/mol. The van der Waals surface area contributed by atoms with Crippen LogP contribution in [0.2, 0.25) is 0 Å². The third-order valence-corrected chi connectivity index (χ3v) is 1.99. The zero-order chi connectivity index (χ0) is 10.7. The molecule has 5 nitrogen and oxygen atoms in total. The molecule has 4 N–H and O–H groups in total. The normalized spacial score (nSPS) is 9.53. The summed E-state index contributed by atoms with van der Waals surface area (Å²) in [5.74, 6) is 0.447. The fourth-order valence-electron chi connectivity index (χ4n) is 1.23. The van der Waals surface area contributed by atoms with Crippen molar-refractivity contribution < 1.29 is 0 Å². The van der Waals surface area contributed by atoms with Gasteiger partial charge in [0.05, 0.1) is 17.4 Å². The average Bonchev–Trinajstić information content (AvgIpc) is 2.65. The van der Waals surface area contributed by atoms with Crippen molar-refractivity contribution in [2.24, 2.45) is 0 Å². The number of aromatic nitrogens is 2. The zero-order valence-corrected chi connectivity index (χ0v) is 7.86. The Labute approximate surface area is 86.5 Å². The molecule has 2 rings (SSSR count). The minimum Gasteiger partial charge on any atom is -0.382 e. The first-order valence-electron chi connectivity index (χ1n) is 4.36. The molecule has 0 fully saturated rings. The topological polar surface area (TPSA) is 90.5 Å². The summed E-state index contributed by atoms with van der Waals surface area (Å²) in [4.78, 5) is 0. The number of nitrogen functional groups attached to an aromatic ring is 1. The van der Waals surface area contributed by atoms with E-state index in [0.717, 1.165) is 0 Å². The van der Waals surface area contributed by atoms with Gasteiger partial charge in [-0.1, -0.05) is 12.1 Å². The van der Waals surface area contributed by atoms with E-state index in [0.29, 0.717) is 22.8 Å². The summed E-state index contributed by atoms with van der Waals surface area (Å²) in [6.45, 7) is 0. The summed E-state index contributed by atoms with van der Waals surface area (Å²) in [5, 5.41) is 18.3. The Kier molecular flexibility index (Phi) is 2.25. The molecule has 2 aromatic rings. The van der Waals surface area contributed by atoms with Crippen molar-refractivity contribution in [2.45, 2.75) is 0 Å². The maximum absolute atomic E-state index is 8.87. The highest BCUT2D eigenvalue weighted by Crippen LogP contribution is 2.22. The van der Waals surface area contributed by atoms with Gasteiger partial charge < -0.3 is 11.1 Å². The predicted octanol–water partition coefficient (Wildman–Crippen LogP) is 1.61. The second-order valence-corrected chi connectivity index (χ2v) is 2.98. The number of nitrogens with zero attached hydrogens (tertiary/aromatic N) is 2. The highest BCUT2D eigenvalue weighted by Gasteiger charge is 2.04. The first kappa shape index (κ1) is 9.09. The van der Waals surface area contributed by atoms with E-state index in [9.17, 15) is 0 Å². The van der Waals surface area contributed by atoms with E-state index in [1.54, 1.807) is 12.3 Å². The second kappa shape index (κ2) is 3.72. The molecule has 74 valence electrons. The van der Waals surface area contributed by atoms with Gasteiger partial charge in [-0.15, -0.1) is 0 Å². The molecule has 15 heavy (non-hydrogen) atoms. The Bertz CT molecular complexity index is 509. The van der Waals surface area contributed by atoms with Crippen LogP contribution < -0.4 is 11.1 Å². The monoisotopic (exact) mass is 199 g/mol. The minimum absolute atomic E-state index is 0.447. The lowest BCUT2D eigenvalue weighted by Gasteiger charge is -2.05. The quantitative estimate of drug-likeness (QED) is 0.685. The standard InChI is InChI=1S/C10H9N5/c11-5-7-3-1-2-4-8(7)14-9-6-13-15-10(9)12/h1-4,6,14H,(H3,12,13,15). The number of benzene rings is 1. The molecule has 5 heteroatoms. The molecule has 1 aromatic heterocycles. The van der Waals surface area contributed by atoms with Gasteiger partial charge in [0, 0.05) is 0 Å². The number of hydrogen-bond donors (Lipinski definition) is 3. The second-order valence-electron chi connectivity index (χ2n) is 2.98. The molecular formula is C10H9N5. The van der Waals surface area contributed by atoms with E-state index >= 15 is 0 Å². The molecule has 0 atom stereocenters. The Hall–Kier alpha value is -2.48. The molecule has 0 saturated carbocycles. The van der Waals surface area contributed by atoms with Crippen LogP contribution in [0.3, 0.4) is 0 Å². The van der Waals surface area contributed by atoms with Crippen LogP contribution in [0.25, 0.3) is 0 Å². The van der Waals surface area contributed by atoms with Crippen molar-refractivity contribution in [2.75, 3.05) is 11.1 Å². The lowest BCUT2D eigenvalue weighted by atomic mass is 10.2. The van der Waals surface area contributed by atoms with E-state index in [2.05, 4.69) is 21.6 Å². The van der Waals surface area contributed by atoms with Crippen LogP contribution in [-0.2, 0) is 0 Å². The summed E-state index contributed by atoms with van der Waals surface area (Å²) in [6.07, 6.45) is 1.57. The van der Waals surface area contributed by atoms with Gasteiger partial charge in [-0.05, 0) is 12.1 Å². The van der Waals surface area contributed by atoms with Crippen LogP contribution in [0.5, 0.6) is 0 Å². The summed E-state index contributed by atoms with van der Waals surface area (Å²) < 4.78 is 0. The van der Waals surface area contributed by atoms with E-state index in [1.807, 2.05) is 18.2 Å². The van der Waals surface area contributed by atoms with E-state index in [4.69, 9.17) is 11.0 Å². The number of hydrogen-bond acceptors (Lipinski definition) is 4. The van der Waals surface area contributed by atoms with Crippen LogP contribution in [0.1, 0.15) is 5.56 Å². The molecular weight excluding hydrogens is 190 g/mol. The number of nitrogens with one attached hydrogen (secondary N) is 2. The molecule has 0 unspecified atom stereocenters. The number of nitrogens with two attached hydrogens (primary N) is 1. The molecule has 0 radical (unpaired) electrons. The van der Waals surface area contributed by atoms with Crippen molar-refractivity contribution in [1.29, 1.82) is 5.26 Å². The van der Waals surface area contributed by atoms with Gasteiger partial charge in [0.2, 0.25) is 0 Å². The number of H-pyrrole nitrogens is 1. The summed E-state index contributed by atoms with van der Waals surface area (Å²) in [5.41, 5.74) is 7.56. The third kappa shape index (κ3) is 1.74. The lowest BCUT2D eigenvalue weighted by Crippen LogP contribution is -1.95. The van der Waals surface area contributed by atoms with Gasteiger partial charge in [-0.2, -0.15) is 10.4 Å². The molecule has 0 aliphatic carbocycles. The Morgan fingerprint density at radius 1 is 1.33 bits per heavy atom. The highest BCUT2D eigenvalue weighted by atomic mass is 15.2. The molecule has 0 amide bonds. The Morgan fingerprint density at radius 2 is 2.13 bits per heavy atom. The van der Waals surface area contributed by atoms with Crippen LogP contribution in [-0.4, -0.2) is 10.2 Å². The SMILES string of the molecule is N#Cc1ccccc1Nc1cn[nH]c1N. The van der Waals surface area contributed by atoms with Gasteiger partial charge in [0.25, 0.3) is 0 Å². The molecule has 0 spiro atoms. The van der Waals surface area contributed by atoms with E-state index in [-0.39, 0.29) is 0 Å². The number of anilines is 3. The maximum atomic E-state index is 8.87.